The fourth-order valence-corrected chi connectivity index (χ4v) is 2.48. The molecule has 0 bridgehead atoms. The zero-order chi connectivity index (χ0) is 14.7. The number of halogens is 2. The Bertz CT molecular complexity index is 485. The molecule has 1 aliphatic heterocycles. The number of carboxylic acid groups (broad SMARTS) is 1. The molecule has 1 unspecified atom stereocenters. The summed E-state index contributed by atoms with van der Waals surface area (Å²) in [6.07, 6.45) is 0.997. The lowest BCUT2D eigenvalue weighted by molar-refractivity contribution is 0.0696. The molecule has 0 radical (unpaired) electrons. The van der Waals surface area contributed by atoms with Crippen molar-refractivity contribution in [2.24, 2.45) is 5.92 Å². The summed E-state index contributed by atoms with van der Waals surface area (Å²) in [5.41, 5.74) is -0.631. The molecule has 1 aromatic rings. The minimum absolute atomic E-state index is 0.245. The highest BCUT2D eigenvalue weighted by atomic mass is 19.1. The first-order valence-corrected chi connectivity index (χ1v) is 6.69. The van der Waals surface area contributed by atoms with Gasteiger partial charge < -0.3 is 15.3 Å². The van der Waals surface area contributed by atoms with E-state index in [0.29, 0.717) is 12.5 Å². The zero-order valence-corrected chi connectivity index (χ0v) is 11.3. The Balaban J connectivity index is 2.01. The number of anilines is 1. The number of aromatic carboxylic acids is 1. The third-order valence-corrected chi connectivity index (χ3v) is 3.67. The minimum atomic E-state index is -1.34. The van der Waals surface area contributed by atoms with Crippen molar-refractivity contribution >= 4 is 11.7 Å². The molecule has 1 aliphatic rings. The Morgan fingerprint density at radius 2 is 2.10 bits per heavy atom. The van der Waals surface area contributed by atoms with E-state index in [9.17, 15) is 13.6 Å². The summed E-state index contributed by atoms with van der Waals surface area (Å²) in [6, 6.07) is 1.67. The van der Waals surface area contributed by atoms with Crippen molar-refractivity contribution in [1.82, 2.24) is 4.90 Å². The van der Waals surface area contributed by atoms with Crippen LogP contribution in [0.25, 0.3) is 0 Å². The molecule has 4 nitrogen and oxygen atoms in total. The van der Waals surface area contributed by atoms with E-state index < -0.39 is 17.6 Å². The van der Waals surface area contributed by atoms with Crippen LogP contribution < -0.4 is 5.32 Å². The van der Waals surface area contributed by atoms with Crippen LogP contribution in [0.5, 0.6) is 0 Å². The highest BCUT2D eigenvalue weighted by molar-refractivity contribution is 5.88. The van der Waals surface area contributed by atoms with Crippen LogP contribution in [0.2, 0.25) is 0 Å². The molecule has 0 aliphatic carbocycles. The summed E-state index contributed by atoms with van der Waals surface area (Å²) in [5.74, 6) is -2.72. The van der Waals surface area contributed by atoms with E-state index in [-0.39, 0.29) is 11.3 Å². The van der Waals surface area contributed by atoms with Gasteiger partial charge in [0.1, 0.15) is 17.3 Å². The summed E-state index contributed by atoms with van der Waals surface area (Å²) in [6.45, 7) is 5.47. The van der Waals surface area contributed by atoms with E-state index in [1.165, 1.54) is 0 Å². The van der Waals surface area contributed by atoms with Gasteiger partial charge in [0.25, 0.3) is 0 Å². The fourth-order valence-electron chi connectivity index (χ4n) is 2.48. The number of rotatable bonds is 5. The van der Waals surface area contributed by atoms with Crippen molar-refractivity contribution in [1.29, 1.82) is 0 Å². The maximum Gasteiger partial charge on any atom is 0.335 e. The van der Waals surface area contributed by atoms with Crippen LogP contribution in [0, 0.1) is 17.6 Å². The lowest BCUT2D eigenvalue weighted by Gasteiger charge is -2.15. The predicted octanol–water partition coefficient (Wildman–Crippen LogP) is 2.42. The van der Waals surface area contributed by atoms with Crippen LogP contribution in [0.3, 0.4) is 0 Å². The third-order valence-electron chi connectivity index (χ3n) is 3.67. The van der Waals surface area contributed by atoms with Crippen molar-refractivity contribution in [3.05, 3.63) is 29.3 Å². The number of hydrogen-bond donors (Lipinski definition) is 2. The molecule has 20 heavy (non-hydrogen) atoms. The maximum atomic E-state index is 13.7. The van der Waals surface area contributed by atoms with Gasteiger partial charge in [-0.25, -0.2) is 13.6 Å². The summed E-state index contributed by atoms with van der Waals surface area (Å²) >= 11 is 0. The van der Waals surface area contributed by atoms with Crippen molar-refractivity contribution in [2.75, 3.05) is 31.5 Å². The number of carbonyl (C=O) groups is 1. The highest BCUT2D eigenvalue weighted by Crippen LogP contribution is 2.23. The van der Waals surface area contributed by atoms with Gasteiger partial charge in [0.05, 0.1) is 5.56 Å². The van der Waals surface area contributed by atoms with E-state index in [1.807, 2.05) is 0 Å². The summed E-state index contributed by atoms with van der Waals surface area (Å²) in [7, 11) is 0. The molecular formula is C14H18F2N2O2. The average Bonchev–Trinajstić information content (AvgIpc) is 2.85. The summed E-state index contributed by atoms with van der Waals surface area (Å²) in [4.78, 5) is 13.0. The smallest absolute Gasteiger partial charge is 0.335 e. The van der Waals surface area contributed by atoms with Crippen LogP contribution in [-0.4, -0.2) is 42.2 Å². The number of nitrogens with one attached hydrogen (secondary N) is 1. The van der Waals surface area contributed by atoms with Crippen molar-refractivity contribution in [3.63, 3.8) is 0 Å². The Kier molecular flexibility index (Phi) is 4.54. The van der Waals surface area contributed by atoms with Gasteiger partial charge in [0.2, 0.25) is 0 Å². The van der Waals surface area contributed by atoms with Crippen LogP contribution in [0.15, 0.2) is 12.1 Å². The van der Waals surface area contributed by atoms with E-state index >= 15 is 0 Å². The minimum Gasteiger partial charge on any atom is -0.478 e. The first-order valence-electron chi connectivity index (χ1n) is 6.69. The molecule has 6 heteroatoms. The largest absolute Gasteiger partial charge is 0.478 e. The van der Waals surface area contributed by atoms with Crippen molar-refractivity contribution < 1.29 is 18.7 Å². The van der Waals surface area contributed by atoms with Crippen molar-refractivity contribution in [3.8, 4) is 0 Å². The summed E-state index contributed by atoms with van der Waals surface area (Å²) < 4.78 is 27.4. The Morgan fingerprint density at radius 1 is 1.45 bits per heavy atom. The van der Waals surface area contributed by atoms with Crippen LogP contribution in [0.1, 0.15) is 23.7 Å². The van der Waals surface area contributed by atoms with Gasteiger partial charge in [-0.3, -0.25) is 0 Å². The Morgan fingerprint density at radius 3 is 2.60 bits per heavy atom. The molecule has 0 spiro atoms. The summed E-state index contributed by atoms with van der Waals surface area (Å²) in [5, 5.41) is 11.5. The lowest BCUT2D eigenvalue weighted by atomic mass is 10.1. The molecule has 1 heterocycles. The molecule has 0 amide bonds. The lowest BCUT2D eigenvalue weighted by Crippen LogP contribution is -2.23. The van der Waals surface area contributed by atoms with Gasteiger partial charge in [0.15, 0.2) is 0 Å². The first-order chi connectivity index (χ1) is 9.51. The van der Waals surface area contributed by atoms with Gasteiger partial charge >= 0.3 is 5.97 Å². The molecular weight excluding hydrogens is 266 g/mol. The topological polar surface area (TPSA) is 52.6 Å². The Hall–Kier alpha value is -1.69. The molecule has 2 rings (SSSR count). The van der Waals surface area contributed by atoms with Gasteiger partial charge in [-0.05, 0) is 37.6 Å². The second-order valence-electron chi connectivity index (χ2n) is 5.05. The number of likely N-dealkylation sites (tertiary alicyclic amines) is 1. The number of carboxylic acids is 1. The number of benzene rings is 1. The monoisotopic (exact) mass is 284 g/mol. The number of hydrogen-bond acceptors (Lipinski definition) is 3. The normalized spacial score (nSPS) is 19.2. The first kappa shape index (κ1) is 14.7. The molecule has 1 fully saturated rings. The van der Waals surface area contributed by atoms with E-state index in [4.69, 9.17) is 5.11 Å². The predicted molar refractivity (Wildman–Crippen MR) is 72.0 cm³/mol. The SMILES string of the molecule is CCN1CCC(CNc2c(F)cc(C(=O)O)cc2F)C1. The molecule has 110 valence electrons. The fraction of sp³-hybridized carbons (Fsp3) is 0.500. The third kappa shape index (κ3) is 3.25. The molecule has 1 atom stereocenters. The quantitative estimate of drug-likeness (QED) is 0.872. The molecule has 0 saturated carbocycles. The maximum absolute atomic E-state index is 13.7. The van der Waals surface area contributed by atoms with Crippen molar-refractivity contribution in [2.45, 2.75) is 13.3 Å². The second kappa shape index (κ2) is 6.17. The van der Waals surface area contributed by atoms with Crippen LogP contribution >= 0.6 is 0 Å². The van der Waals surface area contributed by atoms with Gasteiger partial charge in [-0.15, -0.1) is 0 Å². The Labute approximate surface area is 116 Å². The van der Waals surface area contributed by atoms with E-state index in [2.05, 4.69) is 17.1 Å². The number of nitrogens with zero attached hydrogens (tertiary/aromatic N) is 1. The van der Waals surface area contributed by atoms with Crippen LogP contribution in [-0.2, 0) is 0 Å². The van der Waals surface area contributed by atoms with Gasteiger partial charge in [-0.1, -0.05) is 6.92 Å². The standard InChI is InChI=1S/C14H18F2N2O2/c1-2-18-4-3-9(8-18)7-17-13-11(15)5-10(14(19)20)6-12(13)16/h5-6,9,17H,2-4,7-8H2,1H3,(H,19,20). The van der Waals surface area contributed by atoms with Gasteiger partial charge in [0, 0.05) is 13.1 Å². The molecule has 0 aromatic heterocycles. The second-order valence-corrected chi connectivity index (χ2v) is 5.05. The average molecular weight is 284 g/mol. The van der Waals surface area contributed by atoms with E-state index in [0.717, 1.165) is 38.2 Å². The zero-order valence-electron chi connectivity index (χ0n) is 11.3. The van der Waals surface area contributed by atoms with Crippen LogP contribution in [0.4, 0.5) is 14.5 Å². The molecule has 1 saturated heterocycles. The highest BCUT2D eigenvalue weighted by Gasteiger charge is 2.22. The van der Waals surface area contributed by atoms with E-state index in [1.54, 1.807) is 0 Å². The van der Waals surface area contributed by atoms with Gasteiger partial charge in [-0.2, -0.15) is 0 Å². The molecule has 1 aromatic carbocycles. The molecule has 2 N–H and O–H groups in total.